The maximum absolute atomic E-state index is 15.4. The first-order valence-electron chi connectivity index (χ1n) is 17.9. The molecule has 0 heterocycles. The van der Waals surface area contributed by atoms with Crippen molar-refractivity contribution in [1.29, 1.82) is 0 Å². The highest BCUT2D eigenvalue weighted by molar-refractivity contribution is 5.74. The molecular formula is C42H50F4O. The van der Waals surface area contributed by atoms with Crippen molar-refractivity contribution >= 4 is 5.57 Å². The molecule has 5 heteroatoms. The lowest BCUT2D eigenvalue weighted by Gasteiger charge is -2.35. The second-order valence-corrected chi connectivity index (χ2v) is 13.5. The van der Waals surface area contributed by atoms with Crippen LogP contribution in [0.2, 0.25) is 0 Å². The van der Waals surface area contributed by atoms with E-state index in [9.17, 15) is 4.39 Å². The molecule has 5 rings (SSSR count). The van der Waals surface area contributed by atoms with E-state index in [4.69, 9.17) is 4.74 Å². The van der Waals surface area contributed by atoms with Crippen molar-refractivity contribution < 1.29 is 22.3 Å². The van der Waals surface area contributed by atoms with E-state index in [0.717, 1.165) is 50.0 Å². The molecule has 0 amide bonds. The predicted octanol–water partition coefficient (Wildman–Crippen LogP) is 13.3. The Morgan fingerprint density at radius 2 is 1.21 bits per heavy atom. The van der Waals surface area contributed by atoms with Crippen molar-refractivity contribution in [3.8, 4) is 28.0 Å². The average Bonchev–Trinajstić information content (AvgIpc) is 3.10. The van der Waals surface area contributed by atoms with E-state index in [1.807, 2.05) is 0 Å². The van der Waals surface area contributed by atoms with E-state index in [0.29, 0.717) is 35.1 Å². The maximum Gasteiger partial charge on any atom is 0.201 e. The Labute approximate surface area is 279 Å². The lowest BCUT2D eigenvalue weighted by molar-refractivity contribution is 0.212. The standard InChI is InChI=1S/C42H50F4O/c1-3-5-6-7-8-9-10-28-47-38-27-26-37(41(45)42(38)46)34-22-20-33(21-23-34)36-25-24-35(39(43)40(36)44)32-18-16-31(17-19-32)30-14-12-29(11-4-2)13-15-30/h4,11,18,20-27,29-31H,3,5-10,12-17,19,28H2,1-2H3/b11-4+. The second-order valence-electron chi connectivity index (χ2n) is 13.5. The molecule has 0 saturated heterocycles. The third-order valence-electron chi connectivity index (χ3n) is 10.4. The molecule has 1 fully saturated rings. The summed E-state index contributed by atoms with van der Waals surface area (Å²) < 4.78 is 66.3. The number of benzene rings is 3. The summed E-state index contributed by atoms with van der Waals surface area (Å²) in [6, 6.07) is 12.7. The molecule has 0 spiro atoms. The van der Waals surface area contributed by atoms with Gasteiger partial charge in [0.15, 0.2) is 23.2 Å². The van der Waals surface area contributed by atoms with Gasteiger partial charge in [-0.2, -0.15) is 4.39 Å². The first-order valence-corrected chi connectivity index (χ1v) is 17.9. The van der Waals surface area contributed by atoms with Gasteiger partial charge in [0, 0.05) is 16.7 Å². The number of hydrogen-bond donors (Lipinski definition) is 0. The van der Waals surface area contributed by atoms with Gasteiger partial charge in [-0.25, -0.2) is 13.2 Å². The quantitative estimate of drug-likeness (QED) is 0.0962. The molecule has 2 aliphatic carbocycles. The molecule has 1 saturated carbocycles. The van der Waals surface area contributed by atoms with Gasteiger partial charge in [0.2, 0.25) is 5.82 Å². The Hall–Kier alpha value is -3.34. The van der Waals surface area contributed by atoms with Crippen LogP contribution in [0.5, 0.6) is 5.75 Å². The zero-order valence-electron chi connectivity index (χ0n) is 28.1. The van der Waals surface area contributed by atoms with E-state index in [-0.39, 0.29) is 16.9 Å². The van der Waals surface area contributed by atoms with Gasteiger partial charge in [0.1, 0.15) is 0 Å². The van der Waals surface area contributed by atoms with Crippen molar-refractivity contribution in [2.75, 3.05) is 6.61 Å². The van der Waals surface area contributed by atoms with Crippen LogP contribution in [0.4, 0.5) is 17.6 Å². The molecule has 1 unspecified atom stereocenters. The zero-order valence-corrected chi connectivity index (χ0v) is 28.1. The number of rotatable bonds is 14. The Balaban J connectivity index is 1.19. The van der Waals surface area contributed by atoms with Gasteiger partial charge in [-0.1, -0.05) is 100 Å². The summed E-state index contributed by atoms with van der Waals surface area (Å²) in [5, 5.41) is 0. The van der Waals surface area contributed by atoms with Gasteiger partial charge in [-0.3, -0.25) is 0 Å². The van der Waals surface area contributed by atoms with E-state index >= 15 is 13.2 Å². The minimum atomic E-state index is -1.02. The molecule has 47 heavy (non-hydrogen) atoms. The van der Waals surface area contributed by atoms with Crippen LogP contribution in [0.1, 0.15) is 109 Å². The van der Waals surface area contributed by atoms with E-state index in [1.165, 1.54) is 63.5 Å². The second kappa shape index (κ2) is 17.2. The Bertz CT molecular complexity index is 1510. The zero-order chi connectivity index (χ0) is 33.2. The van der Waals surface area contributed by atoms with Crippen LogP contribution < -0.4 is 4.74 Å². The summed E-state index contributed by atoms with van der Waals surface area (Å²) >= 11 is 0. The minimum Gasteiger partial charge on any atom is -0.490 e. The minimum absolute atomic E-state index is 0.0905. The Morgan fingerprint density at radius 3 is 1.83 bits per heavy atom. The van der Waals surface area contributed by atoms with Crippen LogP contribution in [-0.2, 0) is 0 Å². The van der Waals surface area contributed by atoms with E-state index in [1.54, 1.807) is 36.4 Å². The highest BCUT2D eigenvalue weighted by Crippen LogP contribution is 2.42. The van der Waals surface area contributed by atoms with Crippen LogP contribution in [-0.4, -0.2) is 6.61 Å². The Kier molecular flexibility index (Phi) is 12.8. The molecular weight excluding hydrogens is 596 g/mol. The summed E-state index contributed by atoms with van der Waals surface area (Å²) in [5.41, 5.74) is 2.37. The fourth-order valence-corrected chi connectivity index (χ4v) is 7.57. The van der Waals surface area contributed by atoms with E-state index in [2.05, 4.69) is 32.1 Å². The lowest BCUT2D eigenvalue weighted by Crippen LogP contribution is -2.22. The SMILES string of the molecule is C/C=C/C1CCC(C2CC=C(c3ccc(-c4ccc(-c5ccc(OCCCCCCCCC)c(F)c5F)cc4)c(F)c3F)CC2)CC1. The molecule has 1 nitrogen and oxygen atoms in total. The Morgan fingerprint density at radius 1 is 0.638 bits per heavy atom. The van der Waals surface area contributed by atoms with Crippen LogP contribution in [0.3, 0.4) is 0 Å². The van der Waals surface area contributed by atoms with E-state index < -0.39 is 23.3 Å². The molecule has 0 aliphatic heterocycles. The fraction of sp³-hybridized carbons (Fsp3) is 0.476. The van der Waals surface area contributed by atoms with Crippen molar-refractivity contribution in [3.63, 3.8) is 0 Å². The summed E-state index contributed by atoms with van der Waals surface area (Å²) in [6.07, 6.45) is 22.1. The fourth-order valence-electron chi connectivity index (χ4n) is 7.57. The topological polar surface area (TPSA) is 9.23 Å². The first-order chi connectivity index (χ1) is 22.9. The summed E-state index contributed by atoms with van der Waals surface area (Å²) in [5.74, 6) is -1.77. The predicted molar refractivity (Wildman–Crippen MR) is 186 cm³/mol. The average molecular weight is 647 g/mol. The van der Waals surface area contributed by atoms with Crippen LogP contribution in [0, 0.1) is 41.0 Å². The number of halogens is 4. The number of ether oxygens (including phenoxy) is 1. The molecule has 0 aromatic heterocycles. The van der Waals surface area contributed by atoms with Gasteiger partial charge in [0.05, 0.1) is 6.61 Å². The maximum atomic E-state index is 15.4. The molecule has 0 N–H and O–H groups in total. The molecule has 3 aromatic carbocycles. The number of allylic oxidation sites excluding steroid dienone is 4. The van der Waals surface area contributed by atoms with Crippen molar-refractivity contribution in [3.05, 3.63) is 95.6 Å². The van der Waals surface area contributed by atoms with Crippen molar-refractivity contribution in [1.82, 2.24) is 0 Å². The third-order valence-corrected chi connectivity index (χ3v) is 10.4. The smallest absolute Gasteiger partial charge is 0.201 e. The summed E-state index contributed by atoms with van der Waals surface area (Å²) in [6.45, 7) is 4.62. The number of hydrogen-bond acceptors (Lipinski definition) is 1. The molecule has 2 aliphatic rings. The highest BCUT2D eigenvalue weighted by atomic mass is 19.2. The molecule has 0 bridgehead atoms. The normalized spacial score (nSPS) is 20.0. The van der Waals surface area contributed by atoms with Crippen LogP contribution in [0.25, 0.3) is 27.8 Å². The largest absolute Gasteiger partial charge is 0.490 e. The number of unbranched alkanes of at least 4 members (excludes halogenated alkanes) is 6. The van der Waals surface area contributed by atoms with Gasteiger partial charge < -0.3 is 4.74 Å². The van der Waals surface area contributed by atoms with Gasteiger partial charge in [-0.15, -0.1) is 0 Å². The molecule has 3 aromatic rings. The summed E-state index contributed by atoms with van der Waals surface area (Å²) in [7, 11) is 0. The van der Waals surface area contributed by atoms with Crippen molar-refractivity contribution in [2.45, 2.75) is 104 Å². The first kappa shape index (κ1) is 35.0. The monoisotopic (exact) mass is 646 g/mol. The van der Waals surface area contributed by atoms with Crippen LogP contribution in [0.15, 0.2) is 66.8 Å². The molecule has 252 valence electrons. The van der Waals surface area contributed by atoms with Gasteiger partial charge in [0.25, 0.3) is 0 Å². The summed E-state index contributed by atoms with van der Waals surface area (Å²) in [4.78, 5) is 0. The highest BCUT2D eigenvalue weighted by Gasteiger charge is 2.29. The molecule has 1 atom stereocenters. The molecule has 0 radical (unpaired) electrons. The van der Waals surface area contributed by atoms with Crippen molar-refractivity contribution in [2.24, 2.45) is 17.8 Å². The van der Waals surface area contributed by atoms with Gasteiger partial charge in [-0.05, 0) is 105 Å². The lowest BCUT2D eigenvalue weighted by atomic mass is 9.71. The van der Waals surface area contributed by atoms with Gasteiger partial charge >= 0.3 is 0 Å². The third kappa shape index (κ3) is 8.77. The van der Waals surface area contributed by atoms with Crippen LogP contribution >= 0.6 is 0 Å².